The lowest BCUT2D eigenvalue weighted by Gasteiger charge is -2.25. The van der Waals surface area contributed by atoms with E-state index in [1.54, 1.807) is 14.2 Å². The van der Waals surface area contributed by atoms with Crippen LogP contribution in [-0.2, 0) is 40.9 Å². The van der Waals surface area contributed by atoms with Gasteiger partial charge >= 0.3 is 0 Å². The van der Waals surface area contributed by atoms with Crippen LogP contribution in [0.3, 0.4) is 0 Å². The zero-order valence-electron chi connectivity index (χ0n) is 16.8. The molecule has 160 valence electrons. The number of hydrogen-bond donors (Lipinski definition) is 2. The van der Waals surface area contributed by atoms with Gasteiger partial charge in [-0.05, 0) is 12.0 Å². The van der Waals surface area contributed by atoms with Crippen LogP contribution in [0.4, 0.5) is 0 Å². The highest BCUT2D eigenvalue weighted by Crippen LogP contribution is 2.13. The number of nitrogens with zero attached hydrogens (tertiary/aromatic N) is 4. The molecule has 2 aromatic rings. The Morgan fingerprint density at radius 1 is 1.38 bits per heavy atom. The Morgan fingerprint density at radius 3 is 2.90 bits per heavy atom. The Morgan fingerprint density at radius 2 is 2.17 bits per heavy atom. The van der Waals surface area contributed by atoms with E-state index in [0.29, 0.717) is 24.7 Å². The second-order valence-corrected chi connectivity index (χ2v) is 8.29. The molecule has 1 aliphatic heterocycles. The van der Waals surface area contributed by atoms with E-state index in [1.807, 2.05) is 35.0 Å². The van der Waals surface area contributed by atoms with Gasteiger partial charge < -0.3 is 15.4 Å². The molecule has 2 N–H and O–H groups in total. The van der Waals surface area contributed by atoms with Crippen molar-refractivity contribution in [1.82, 2.24) is 25.4 Å². The molecule has 1 aliphatic rings. The fraction of sp³-hybridized carbons (Fsp3) is 0.526. The van der Waals surface area contributed by atoms with E-state index >= 15 is 0 Å². The number of aryl methyl sites for hydroxylation is 1. The number of ether oxygens (including phenoxy) is 1. The molecule has 29 heavy (non-hydrogen) atoms. The number of benzene rings is 1. The molecule has 0 spiro atoms. The number of methoxy groups -OCH3 is 1. The average Bonchev–Trinajstić information content (AvgIpc) is 3.10. The second kappa shape index (κ2) is 12.2. The zero-order valence-corrected chi connectivity index (χ0v) is 20.0. The van der Waals surface area contributed by atoms with Crippen molar-refractivity contribution in [1.29, 1.82) is 0 Å². The van der Waals surface area contributed by atoms with Gasteiger partial charge in [0, 0.05) is 55.5 Å². The fourth-order valence-corrected chi connectivity index (χ4v) is 4.21. The molecule has 10 heteroatoms. The Balaban J connectivity index is 0.00000300. The monoisotopic (exact) mass is 532 g/mol. The summed E-state index contributed by atoms with van der Waals surface area (Å²) in [4.78, 5) is 8.78. The number of aliphatic imine (C=N–C) groups is 1. The molecule has 3 rings (SSSR count). The minimum absolute atomic E-state index is 0. The molecular weight excluding hydrogens is 503 g/mol. The van der Waals surface area contributed by atoms with Crippen molar-refractivity contribution >= 4 is 40.7 Å². The van der Waals surface area contributed by atoms with Gasteiger partial charge in [-0.2, -0.15) is 5.10 Å². The summed E-state index contributed by atoms with van der Waals surface area (Å²) in [6, 6.07) is 10.1. The Kier molecular flexibility index (Phi) is 10.0. The van der Waals surface area contributed by atoms with Crippen LogP contribution in [0.15, 0.2) is 35.3 Å². The Labute approximate surface area is 191 Å². The highest BCUT2D eigenvalue weighted by atomic mass is 127. The van der Waals surface area contributed by atoms with Crippen molar-refractivity contribution in [2.75, 3.05) is 26.5 Å². The minimum atomic E-state index is -0.905. The molecule has 0 saturated heterocycles. The third-order valence-electron chi connectivity index (χ3n) is 4.53. The molecule has 0 saturated carbocycles. The number of hydrogen-bond acceptors (Lipinski definition) is 5. The van der Waals surface area contributed by atoms with Gasteiger partial charge in [0.05, 0.1) is 6.54 Å². The van der Waals surface area contributed by atoms with Gasteiger partial charge in [-0.3, -0.25) is 9.20 Å². The average molecular weight is 532 g/mol. The topological polar surface area (TPSA) is 93.4 Å². The van der Waals surface area contributed by atoms with Gasteiger partial charge in [-0.1, -0.05) is 30.3 Å². The van der Waals surface area contributed by atoms with Crippen LogP contribution in [0.25, 0.3) is 0 Å². The van der Waals surface area contributed by atoms with E-state index in [4.69, 9.17) is 4.74 Å². The normalized spacial score (nSPS) is 17.2. The largest absolute Gasteiger partial charge is 0.377 e. The van der Waals surface area contributed by atoms with Gasteiger partial charge in [0.2, 0.25) is 0 Å². The van der Waals surface area contributed by atoms with Crippen LogP contribution in [-0.4, -0.2) is 57.4 Å². The number of aromatic nitrogens is 3. The quantitative estimate of drug-likeness (QED) is 0.304. The van der Waals surface area contributed by atoms with Crippen molar-refractivity contribution in [2.45, 2.75) is 37.8 Å². The molecule has 2 atom stereocenters. The lowest BCUT2D eigenvalue weighted by atomic mass is 10.1. The van der Waals surface area contributed by atoms with Crippen LogP contribution in [0, 0.1) is 0 Å². The molecule has 2 heterocycles. The lowest BCUT2D eigenvalue weighted by molar-refractivity contribution is 0.177. The summed E-state index contributed by atoms with van der Waals surface area (Å²) in [5.41, 5.74) is 1.10. The zero-order chi connectivity index (χ0) is 19.8. The first-order valence-corrected chi connectivity index (χ1v) is 10.9. The van der Waals surface area contributed by atoms with Crippen LogP contribution < -0.4 is 10.6 Å². The molecule has 0 amide bonds. The number of halogens is 1. The second-order valence-electron chi connectivity index (χ2n) is 6.71. The maximum absolute atomic E-state index is 12.2. The number of fused-ring (bicyclic) bond motifs is 1. The molecular formula is C19H29IN6O2S. The van der Waals surface area contributed by atoms with Crippen molar-refractivity contribution in [2.24, 2.45) is 4.99 Å². The fourth-order valence-electron chi connectivity index (χ4n) is 3.17. The smallest absolute Gasteiger partial charge is 0.191 e. The van der Waals surface area contributed by atoms with Gasteiger partial charge in [0.1, 0.15) is 12.4 Å². The molecule has 2 unspecified atom stereocenters. The predicted octanol–water partition coefficient (Wildman–Crippen LogP) is 1.47. The maximum atomic E-state index is 12.2. The van der Waals surface area contributed by atoms with Gasteiger partial charge in [0.15, 0.2) is 11.8 Å². The van der Waals surface area contributed by atoms with E-state index in [0.717, 1.165) is 42.6 Å². The highest BCUT2D eigenvalue weighted by Gasteiger charge is 2.22. The number of rotatable bonds is 8. The summed E-state index contributed by atoms with van der Waals surface area (Å²) in [6.07, 6.45) is 1.83. The van der Waals surface area contributed by atoms with E-state index < -0.39 is 10.8 Å². The first kappa shape index (κ1) is 23.7. The molecule has 1 aromatic heterocycles. The van der Waals surface area contributed by atoms with E-state index in [2.05, 4.69) is 25.7 Å². The lowest BCUT2D eigenvalue weighted by Crippen LogP contribution is -2.47. The summed E-state index contributed by atoms with van der Waals surface area (Å²) < 4.78 is 19.3. The first-order valence-electron chi connectivity index (χ1n) is 9.45. The van der Waals surface area contributed by atoms with Crippen LogP contribution in [0.5, 0.6) is 0 Å². The Bertz CT molecular complexity index is 814. The third kappa shape index (κ3) is 7.34. The van der Waals surface area contributed by atoms with Crippen molar-refractivity contribution in [3.05, 3.63) is 47.5 Å². The first-order chi connectivity index (χ1) is 13.7. The standard InChI is InChI=1S/C19H28N6O2S.HI/c1-20-19(21-10-11-28(26)14-15-6-4-3-5-7-15)22-16-8-9-18-23-17(13-27-2)24-25(18)12-16;/h3-7,16H,8-14H2,1-2H3,(H2,20,21,22);1H. The maximum Gasteiger partial charge on any atom is 0.191 e. The molecule has 0 bridgehead atoms. The van der Waals surface area contributed by atoms with Gasteiger partial charge in [0.25, 0.3) is 0 Å². The van der Waals surface area contributed by atoms with Crippen LogP contribution in [0.2, 0.25) is 0 Å². The molecule has 0 aliphatic carbocycles. The van der Waals surface area contributed by atoms with Crippen molar-refractivity contribution in [3.8, 4) is 0 Å². The van der Waals surface area contributed by atoms with Crippen molar-refractivity contribution in [3.63, 3.8) is 0 Å². The summed E-state index contributed by atoms with van der Waals surface area (Å²) in [5, 5.41) is 11.2. The molecule has 1 aromatic carbocycles. The van der Waals surface area contributed by atoms with E-state index in [9.17, 15) is 4.21 Å². The van der Waals surface area contributed by atoms with Gasteiger partial charge in [-0.25, -0.2) is 9.67 Å². The third-order valence-corrected chi connectivity index (χ3v) is 5.85. The molecule has 0 radical (unpaired) electrons. The summed E-state index contributed by atoms with van der Waals surface area (Å²) in [5.74, 6) is 3.61. The number of nitrogens with one attached hydrogen (secondary N) is 2. The number of guanidine groups is 1. The molecule has 8 nitrogen and oxygen atoms in total. The van der Waals surface area contributed by atoms with Crippen LogP contribution in [0.1, 0.15) is 23.6 Å². The van der Waals surface area contributed by atoms with Gasteiger partial charge in [-0.15, -0.1) is 24.0 Å². The summed E-state index contributed by atoms with van der Waals surface area (Å²) in [6.45, 7) is 1.78. The predicted molar refractivity (Wildman–Crippen MR) is 126 cm³/mol. The van der Waals surface area contributed by atoms with E-state index in [1.165, 1.54) is 0 Å². The summed E-state index contributed by atoms with van der Waals surface area (Å²) in [7, 11) is 2.49. The van der Waals surface area contributed by atoms with Crippen molar-refractivity contribution < 1.29 is 8.95 Å². The van der Waals surface area contributed by atoms with E-state index in [-0.39, 0.29) is 30.0 Å². The Hall–Kier alpha value is -1.53. The summed E-state index contributed by atoms with van der Waals surface area (Å²) >= 11 is 0. The SMILES string of the molecule is CN=C(NCCS(=O)Cc1ccccc1)NC1CCc2nc(COC)nn2C1.I. The minimum Gasteiger partial charge on any atom is -0.377 e. The molecule has 0 fully saturated rings. The van der Waals surface area contributed by atoms with Crippen LogP contribution >= 0.6 is 24.0 Å². The highest BCUT2D eigenvalue weighted by molar-refractivity contribution is 14.0.